The summed E-state index contributed by atoms with van der Waals surface area (Å²) < 4.78 is 0. The van der Waals surface area contributed by atoms with E-state index in [1.54, 1.807) is 0 Å². The third-order valence-corrected chi connectivity index (χ3v) is 2.67. The summed E-state index contributed by atoms with van der Waals surface area (Å²) in [4.78, 5) is 11.5. The monoisotopic (exact) mass is 156 g/mol. The quantitative estimate of drug-likeness (QED) is 0.524. The van der Waals surface area contributed by atoms with Crippen LogP contribution in [-0.4, -0.2) is 5.78 Å². The molecule has 0 aromatic rings. The molecule has 3 aliphatic carbocycles. The summed E-state index contributed by atoms with van der Waals surface area (Å²) in [5.41, 5.74) is 4.73. The van der Waals surface area contributed by atoms with Crippen LogP contribution in [0.25, 0.3) is 0 Å². The minimum atomic E-state index is 0.293. The molecule has 0 heterocycles. The molecule has 2 bridgehead atoms. The Bertz CT molecular complexity index is 403. The highest BCUT2D eigenvalue weighted by Gasteiger charge is 2.29. The van der Waals surface area contributed by atoms with Gasteiger partial charge in [-0.05, 0) is 23.1 Å². The van der Waals surface area contributed by atoms with Crippen molar-refractivity contribution in [2.75, 3.05) is 0 Å². The van der Waals surface area contributed by atoms with Crippen molar-refractivity contribution in [3.05, 3.63) is 46.6 Å². The Morgan fingerprint density at radius 1 is 1.08 bits per heavy atom. The first kappa shape index (κ1) is 6.18. The zero-order chi connectivity index (χ0) is 8.13. The second-order valence-corrected chi connectivity index (χ2v) is 3.38. The molecule has 0 unspecified atom stereocenters. The molecule has 0 amide bonds. The van der Waals surface area contributed by atoms with Crippen molar-refractivity contribution < 1.29 is 4.79 Å². The fourth-order valence-electron chi connectivity index (χ4n) is 2.12. The Kier molecular flexibility index (Phi) is 0.959. The Labute approximate surface area is 70.8 Å². The largest absolute Gasteiger partial charge is 0.294 e. The number of Topliss-reactive ketones (excluding diaryl/α,β-unsaturated/α-hetero) is 1. The van der Waals surface area contributed by atoms with Crippen molar-refractivity contribution in [3.63, 3.8) is 0 Å². The Morgan fingerprint density at radius 2 is 1.92 bits per heavy atom. The molecule has 0 aromatic heterocycles. The summed E-state index contributed by atoms with van der Waals surface area (Å²) >= 11 is 0. The maximum absolute atomic E-state index is 11.5. The fourth-order valence-corrected chi connectivity index (χ4v) is 2.12. The lowest BCUT2D eigenvalue weighted by Gasteiger charge is -2.11. The van der Waals surface area contributed by atoms with Crippen LogP contribution in [0.3, 0.4) is 0 Å². The molecule has 0 radical (unpaired) electrons. The Morgan fingerprint density at radius 3 is 2.75 bits per heavy atom. The topological polar surface area (TPSA) is 17.1 Å². The minimum Gasteiger partial charge on any atom is -0.294 e. The molecule has 0 aliphatic heterocycles. The first-order valence-electron chi connectivity index (χ1n) is 4.21. The van der Waals surface area contributed by atoms with E-state index in [-0.39, 0.29) is 0 Å². The van der Waals surface area contributed by atoms with Crippen molar-refractivity contribution in [1.29, 1.82) is 0 Å². The highest BCUT2D eigenvalue weighted by Crippen LogP contribution is 2.41. The van der Waals surface area contributed by atoms with Gasteiger partial charge >= 0.3 is 0 Å². The van der Waals surface area contributed by atoms with Crippen molar-refractivity contribution in [2.24, 2.45) is 0 Å². The molecule has 0 fully saturated rings. The number of allylic oxidation sites excluding steroid dienone is 8. The summed E-state index contributed by atoms with van der Waals surface area (Å²) in [6.45, 7) is 0. The van der Waals surface area contributed by atoms with E-state index in [4.69, 9.17) is 0 Å². The smallest absolute Gasteiger partial charge is 0.167 e. The first-order chi connectivity index (χ1) is 5.86. The second-order valence-electron chi connectivity index (χ2n) is 3.38. The third kappa shape index (κ3) is 0.572. The number of ketones is 1. The number of carbonyl (C=O) groups excluding carboxylic acids is 1. The van der Waals surface area contributed by atoms with E-state index >= 15 is 0 Å². The molecular formula is C11H8O. The zero-order valence-electron chi connectivity index (χ0n) is 6.63. The van der Waals surface area contributed by atoms with Gasteiger partial charge < -0.3 is 0 Å². The Balaban J connectivity index is 2.33. The van der Waals surface area contributed by atoms with E-state index in [2.05, 4.69) is 18.2 Å². The maximum Gasteiger partial charge on any atom is 0.167 e. The molecule has 12 heavy (non-hydrogen) atoms. The lowest BCUT2D eigenvalue weighted by molar-refractivity contribution is -0.114. The number of hydrogen-bond donors (Lipinski definition) is 0. The average molecular weight is 156 g/mol. The molecule has 0 saturated carbocycles. The van der Waals surface area contributed by atoms with E-state index in [9.17, 15) is 4.79 Å². The molecule has 0 aromatic carbocycles. The van der Waals surface area contributed by atoms with Gasteiger partial charge in [0, 0.05) is 12.0 Å². The normalized spacial score (nSPS) is 24.5. The van der Waals surface area contributed by atoms with Crippen LogP contribution in [0.2, 0.25) is 0 Å². The summed E-state index contributed by atoms with van der Waals surface area (Å²) in [5.74, 6) is 0.293. The molecule has 1 heteroatoms. The van der Waals surface area contributed by atoms with Crippen LogP contribution >= 0.6 is 0 Å². The van der Waals surface area contributed by atoms with Crippen LogP contribution in [0.15, 0.2) is 46.6 Å². The van der Waals surface area contributed by atoms with Crippen LogP contribution in [0, 0.1) is 0 Å². The molecule has 1 nitrogen and oxygen atoms in total. The SMILES string of the molecule is O=C1CC=CC2=C3C=CC(=C12)C3. The van der Waals surface area contributed by atoms with Crippen molar-refractivity contribution >= 4 is 5.78 Å². The van der Waals surface area contributed by atoms with Crippen LogP contribution in [0.4, 0.5) is 0 Å². The van der Waals surface area contributed by atoms with E-state index < -0.39 is 0 Å². The predicted octanol–water partition coefficient (Wildman–Crippen LogP) is 2.08. The van der Waals surface area contributed by atoms with Gasteiger partial charge in [-0.25, -0.2) is 0 Å². The average Bonchev–Trinajstić information content (AvgIpc) is 2.64. The minimum absolute atomic E-state index is 0.293. The van der Waals surface area contributed by atoms with Crippen LogP contribution in [0.1, 0.15) is 12.8 Å². The Hall–Kier alpha value is -1.37. The molecule has 0 atom stereocenters. The predicted molar refractivity (Wildman–Crippen MR) is 46.6 cm³/mol. The summed E-state index contributed by atoms with van der Waals surface area (Å²) in [7, 11) is 0. The highest BCUT2D eigenvalue weighted by atomic mass is 16.1. The van der Waals surface area contributed by atoms with Gasteiger partial charge in [-0.2, -0.15) is 0 Å². The molecule has 0 spiro atoms. The van der Waals surface area contributed by atoms with Crippen molar-refractivity contribution in [2.45, 2.75) is 12.8 Å². The van der Waals surface area contributed by atoms with Gasteiger partial charge in [-0.3, -0.25) is 4.79 Å². The zero-order valence-corrected chi connectivity index (χ0v) is 6.63. The van der Waals surface area contributed by atoms with Crippen LogP contribution in [-0.2, 0) is 4.79 Å². The lowest BCUT2D eigenvalue weighted by atomic mass is 9.91. The summed E-state index contributed by atoms with van der Waals surface area (Å²) in [5, 5.41) is 0. The summed E-state index contributed by atoms with van der Waals surface area (Å²) in [6, 6.07) is 0. The van der Waals surface area contributed by atoms with Crippen molar-refractivity contribution in [1.82, 2.24) is 0 Å². The number of fused-ring (bicyclic) bond motifs is 3. The third-order valence-electron chi connectivity index (χ3n) is 2.67. The van der Waals surface area contributed by atoms with E-state index in [1.807, 2.05) is 6.08 Å². The molecule has 3 aliphatic rings. The highest BCUT2D eigenvalue weighted by molar-refractivity contribution is 6.06. The van der Waals surface area contributed by atoms with Gasteiger partial charge in [0.15, 0.2) is 5.78 Å². The number of hydrogen-bond acceptors (Lipinski definition) is 1. The van der Waals surface area contributed by atoms with Gasteiger partial charge in [0.2, 0.25) is 0 Å². The van der Waals surface area contributed by atoms with Crippen molar-refractivity contribution in [3.8, 4) is 0 Å². The van der Waals surface area contributed by atoms with E-state index in [0.29, 0.717) is 12.2 Å². The lowest BCUT2D eigenvalue weighted by Crippen LogP contribution is -2.07. The second kappa shape index (κ2) is 1.86. The standard InChI is InChI=1S/C11H8O/c12-10-3-1-2-9-7-4-5-8(6-7)11(9)10/h1-2,4-5H,3,6H2. The molecule has 58 valence electrons. The van der Waals surface area contributed by atoms with Gasteiger partial charge in [0.1, 0.15) is 0 Å². The van der Waals surface area contributed by atoms with Crippen LogP contribution < -0.4 is 0 Å². The molecule has 3 rings (SSSR count). The first-order valence-corrected chi connectivity index (χ1v) is 4.21. The van der Waals surface area contributed by atoms with E-state index in [0.717, 1.165) is 12.0 Å². The van der Waals surface area contributed by atoms with Gasteiger partial charge in [0.05, 0.1) is 0 Å². The molecule has 0 saturated heterocycles. The van der Waals surface area contributed by atoms with Crippen LogP contribution in [0.5, 0.6) is 0 Å². The number of rotatable bonds is 0. The maximum atomic E-state index is 11.5. The van der Waals surface area contributed by atoms with Gasteiger partial charge in [-0.1, -0.05) is 24.3 Å². The van der Waals surface area contributed by atoms with Gasteiger partial charge in [-0.15, -0.1) is 0 Å². The van der Waals surface area contributed by atoms with Gasteiger partial charge in [0.25, 0.3) is 0 Å². The molecule has 0 N–H and O–H groups in total. The molecular weight excluding hydrogens is 148 g/mol. The van der Waals surface area contributed by atoms with E-state index in [1.165, 1.54) is 16.7 Å². The summed E-state index contributed by atoms with van der Waals surface area (Å²) in [6.07, 6.45) is 9.82. The number of carbonyl (C=O) groups is 1. The fraction of sp³-hybridized carbons (Fsp3) is 0.182.